The van der Waals surface area contributed by atoms with Gasteiger partial charge in [0.1, 0.15) is 5.75 Å². The van der Waals surface area contributed by atoms with Crippen LogP contribution in [0.3, 0.4) is 0 Å². The summed E-state index contributed by atoms with van der Waals surface area (Å²) in [5.74, 6) is 2.79. The van der Waals surface area contributed by atoms with Gasteiger partial charge in [0.2, 0.25) is 0 Å². The molecule has 0 radical (unpaired) electrons. The van der Waals surface area contributed by atoms with Crippen molar-refractivity contribution in [1.29, 1.82) is 5.26 Å². The molecule has 0 spiro atoms. The summed E-state index contributed by atoms with van der Waals surface area (Å²) in [5, 5.41) is 17.3. The molecule has 0 atom stereocenters. The van der Waals surface area contributed by atoms with Gasteiger partial charge < -0.3 is 9.84 Å². The van der Waals surface area contributed by atoms with Crippen LogP contribution < -0.4 is 4.74 Å². The van der Waals surface area contributed by atoms with Gasteiger partial charge in [-0.1, -0.05) is 6.07 Å². The highest BCUT2D eigenvalue weighted by Crippen LogP contribution is 2.13. The number of aliphatic hydroxyl groups excluding tert-OH is 1. The summed E-state index contributed by atoms with van der Waals surface area (Å²) in [6.45, 7) is 0.936. The minimum absolute atomic E-state index is 0.268. The Labute approximate surface area is 106 Å². The lowest BCUT2D eigenvalue weighted by Gasteiger charge is -2.05. The SMILES string of the molecule is N#Cc1cccc(OCCCSCCCO)c1. The number of nitrogens with zero attached hydrogens (tertiary/aromatic N) is 1. The number of benzene rings is 1. The maximum atomic E-state index is 8.72. The lowest BCUT2D eigenvalue weighted by atomic mass is 10.2. The van der Waals surface area contributed by atoms with E-state index in [-0.39, 0.29) is 6.61 Å². The van der Waals surface area contributed by atoms with E-state index in [1.165, 1.54) is 0 Å². The molecule has 0 heterocycles. The molecule has 17 heavy (non-hydrogen) atoms. The van der Waals surface area contributed by atoms with Gasteiger partial charge in [0.25, 0.3) is 0 Å². The first kappa shape index (κ1) is 13.9. The lowest BCUT2D eigenvalue weighted by Crippen LogP contribution is -1.99. The second-order valence-corrected chi connectivity index (χ2v) is 4.76. The molecule has 0 amide bonds. The molecular weight excluding hydrogens is 234 g/mol. The van der Waals surface area contributed by atoms with E-state index in [4.69, 9.17) is 15.1 Å². The van der Waals surface area contributed by atoms with Crippen molar-refractivity contribution in [2.24, 2.45) is 0 Å². The first-order valence-electron chi connectivity index (χ1n) is 5.68. The Hall–Kier alpha value is -1.18. The number of rotatable bonds is 8. The Morgan fingerprint density at radius 2 is 2.12 bits per heavy atom. The Bertz CT molecular complexity index is 363. The molecule has 0 fully saturated rings. The molecule has 0 aliphatic carbocycles. The van der Waals surface area contributed by atoms with Gasteiger partial charge in [0.05, 0.1) is 18.2 Å². The van der Waals surface area contributed by atoms with E-state index in [2.05, 4.69) is 6.07 Å². The monoisotopic (exact) mass is 251 g/mol. The average Bonchev–Trinajstić information content (AvgIpc) is 2.38. The fraction of sp³-hybridized carbons (Fsp3) is 0.462. The molecule has 1 N–H and O–H groups in total. The Morgan fingerprint density at radius 1 is 1.29 bits per heavy atom. The smallest absolute Gasteiger partial charge is 0.120 e. The predicted molar refractivity (Wildman–Crippen MR) is 70.3 cm³/mol. The third-order valence-corrected chi connectivity index (χ3v) is 3.27. The van der Waals surface area contributed by atoms with Crippen LogP contribution in [0.15, 0.2) is 24.3 Å². The largest absolute Gasteiger partial charge is 0.494 e. The Morgan fingerprint density at radius 3 is 2.88 bits per heavy atom. The standard InChI is InChI=1S/C13H17NO2S/c14-11-12-4-1-5-13(10-12)16-7-3-9-17-8-2-6-15/h1,4-5,10,15H,2-3,6-9H2. The zero-order chi connectivity index (χ0) is 12.3. The fourth-order valence-corrected chi connectivity index (χ4v) is 2.13. The Balaban J connectivity index is 2.12. The average molecular weight is 251 g/mol. The predicted octanol–water partition coefficient (Wildman–Crippen LogP) is 2.44. The van der Waals surface area contributed by atoms with Crippen LogP contribution in [0.4, 0.5) is 0 Å². The van der Waals surface area contributed by atoms with Crippen molar-refractivity contribution in [3.05, 3.63) is 29.8 Å². The van der Waals surface area contributed by atoms with Gasteiger partial charge in [-0.25, -0.2) is 0 Å². The molecule has 0 unspecified atom stereocenters. The molecule has 1 aromatic carbocycles. The molecule has 0 aromatic heterocycles. The first-order valence-corrected chi connectivity index (χ1v) is 6.84. The topological polar surface area (TPSA) is 53.2 Å². The van der Waals surface area contributed by atoms with Gasteiger partial charge >= 0.3 is 0 Å². The molecule has 92 valence electrons. The van der Waals surface area contributed by atoms with Crippen molar-refractivity contribution in [3.63, 3.8) is 0 Å². The summed E-state index contributed by atoms with van der Waals surface area (Å²) in [6, 6.07) is 9.28. The van der Waals surface area contributed by atoms with Crippen LogP contribution in [0, 0.1) is 11.3 Å². The molecular formula is C13H17NO2S. The minimum atomic E-state index is 0.268. The summed E-state index contributed by atoms with van der Waals surface area (Å²) in [7, 11) is 0. The van der Waals surface area contributed by atoms with E-state index in [1.54, 1.807) is 12.1 Å². The van der Waals surface area contributed by atoms with E-state index in [0.717, 1.165) is 30.1 Å². The first-order chi connectivity index (χ1) is 8.36. The molecule has 0 aliphatic rings. The van der Waals surface area contributed by atoms with E-state index < -0.39 is 0 Å². The van der Waals surface area contributed by atoms with E-state index in [0.29, 0.717) is 12.2 Å². The van der Waals surface area contributed by atoms with Gasteiger partial charge in [-0.3, -0.25) is 0 Å². The third kappa shape index (κ3) is 6.20. The number of aliphatic hydroxyl groups is 1. The van der Waals surface area contributed by atoms with Crippen molar-refractivity contribution in [1.82, 2.24) is 0 Å². The lowest BCUT2D eigenvalue weighted by molar-refractivity contribution is 0.296. The molecule has 0 bridgehead atoms. The summed E-state index contributed by atoms with van der Waals surface area (Å²) < 4.78 is 5.54. The number of hydrogen-bond acceptors (Lipinski definition) is 4. The van der Waals surface area contributed by atoms with E-state index in [1.807, 2.05) is 23.9 Å². The Kier molecular flexibility index (Phi) is 7.28. The summed E-state index contributed by atoms with van der Waals surface area (Å²) in [4.78, 5) is 0. The number of ether oxygens (including phenoxy) is 1. The molecule has 0 saturated heterocycles. The number of hydrogen-bond donors (Lipinski definition) is 1. The molecule has 0 saturated carbocycles. The van der Waals surface area contributed by atoms with Crippen LogP contribution in [-0.2, 0) is 0 Å². The molecule has 3 nitrogen and oxygen atoms in total. The van der Waals surface area contributed by atoms with Crippen molar-refractivity contribution < 1.29 is 9.84 Å². The highest BCUT2D eigenvalue weighted by Gasteiger charge is 1.96. The van der Waals surface area contributed by atoms with E-state index in [9.17, 15) is 0 Å². The highest BCUT2D eigenvalue weighted by atomic mass is 32.2. The fourth-order valence-electron chi connectivity index (χ4n) is 1.28. The van der Waals surface area contributed by atoms with E-state index >= 15 is 0 Å². The molecule has 1 rings (SSSR count). The quantitative estimate of drug-likeness (QED) is 0.721. The van der Waals surface area contributed by atoms with Crippen molar-refractivity contribution in [2.45, 2.75) is 12.8 Å². The second-order valence-electron chi connectivity index (χ2n) is 3.53. The number of nitriles is 1. The van der Waals surface area contributed by atoms with Crippen LogP contribution in [0.1, 0.15) is 18.4 Å². The molecule has 0 aliphatic heterocycles. The number of thioether (sulfide) groups is 1. The summed E-state index contributed by atoms with van der Waals surface area (Å²) in [6.07, 6.45) is 1.84. The summed E-state index contributed by atoms with van der Waals surface area (Å²) >= 11 is 1.83. The third-order valence-electron chi connectivity index (χ3n) is 2.11. The minimum Gasteiger partial charge on any atom is -0.494 e. The molecule has 1 aromatic rings. The van der Waals surface area contributed by atoms with Crippen LogP contribution in [0.25, 0.3) is 0 Å². The normalized spacial score (nSPS) is 9.88. The van der Waals surface area contributed by atoms with Crippen molar-refractivity contribution in [3.8, 4) is 11.8 Å². The van der Waals surface area contributed by atoms with Gasteiger partial charge in [0.15, 0.2) is 0 Å². The van der Waals surface area contributed by atoms with Crippen molar-refractivity contribution in [2.75, 3.05) is 24.7 Å². The maximum Gasteiger partial charge on any atom is 0.120 e. The van der Waals surface area contributed by atoms with Crippen LogP contribution in [0.2, 0.25) is 0 Å². The zero-order valence-corrected chi connectivity index (χ0v) is 10.6. The zero-order valence-electron chi connectivity index (χ0n) is 9.76. The highest BCUT2D eigenvalue weighted by molar-refractivity contribution is 7.99. The molecule has 4 heteroatoms. The van der Waals surface area contributed by atoms with Crippen molar-refractivity contribution >= 4 is 11.8 Å². The van der Waals surface area contributed by atoms with Crippen LogP contribution in [0.5, 0.6) is 5.75 Å². The van der Waals surface area contributed by atoms with Gasteiger partial charge in [-0.05, 0) is 42.5 Å². The van der Waals surface area contributed by atoms with Gasteiger partial charge in [0, 0.05) is 6.61 Å². The second kappa shape index (κ2) is 8.91. The van der Waals surface area contributed by atoms with Crippen LogP contribution >= 0.6 is 11.8 Å². The van der Waals surface area contributed by atoms with Gasteiger partial charge in [-0.15, -0.1) is 0 Å². The summed E-state index contributed by atoms with van der Waals surface area (Å²) in [5.41, 5.74) is 0.625. The van der Waals surface area contributed by atoms with Gasteiger partial charge in [-0.2, -0.15) is 17.0 Å². The maximum absolute atomic E-state index is 8.72. The van der Waals surface area contributed by atoms with Crippen LogP contribution in [-0.4, -0.2) is 29.8 Å².